The molecule has 0 aliphatic carbocycles. The van der Waals surface area contributed by atoms with Gasteiger partial charge in [0.15, 0.2) is 0 Å². The molecule has 0 saturated heterocycles. The molecule has 0 N–H and O–H groups in total. The van der Waals surface area contributed by atoms with Gasteiger partial charge in [0.05, 0.1) is 0 Å². The fourth-order valence-electron chi connectivity index (χ4n) is 6.34. The second-order valence-electron chi connectivity index (χ2n) is 16.1. The molecule has 3 unspecified atom stereocenters. The summed E-state index contributed by atoms with van der Waals surface area (Å²) in [7, 11) is 0. The SMILES string of the molecule is CC(C)(C)CC(C(C(C)(C)C)C(C)(C)C(CC(C)(C)C)C(C)(C)C)C(C)(C)C. The van der Waals surface area contributed by atoms with Crippen LogP contribution in [0.25, 0.3) is 0 Å². The van der Waals surface area contributed by atoms with E-state index in [1.165, 1.54) is 12.8 Å². The minimum absolute atomic E-state index is 0.257. The van der Waals surface area contributed by atoms with Gasteiger partial charge < -0.3 is 0 Å². The van der Waals surface area contributed by atoms with E-state index in [2.05, 4.69) is 118 Å². The third-order valence-corrected chi connectivity index (χ3v) is 6.84. The van der Waals surface area contributed by atoms with Crippen LogP contribution in [0.15, 0.2) is 0 Å². The summed E-state index contributed by atoms with van der Waals surface area (Å²) in [5, 5.41) is 0. The first-order chi connectivity index (χ1) is 11.8. The van der Waals surface area contributed by atoms with E-state index in [1.54, 1.807) is 0 Å². The van der Waals surface area contributed by atoms with Crippen LogP contribution >= 0.6 is 0 Å². The molecule has 0 spiro atoms. The van der Waals surface area contributed by atoms with Gasteiger partial charge in [0, 0.05) is 0 Å². The molecule has 170 valence electrons. The maximum absolute atomic E-state index is 2.60. The first-order valence-corrected chi connectivity index (χ1v) is 11.8. The second kappa shape index (κ2) is 8.26. The first-order valence-electron chi connectivity index (χ1n) is 11.8. The van der Waals surface area contributed by atoms with Crippen LogP contribution in [0, 0.1) is 50.2 Å². The molecule has 0 aromatic rings. The van der Waals surface area contributed by atoms with E-state index < -0.39 is 0 Å². The lowest BCUT2D eigenvalue weighted by molar-refractivity contribution is -0.0973. The Hall–Kier alpha value is 0. The summed E-state index contributed by atoms with van der Waals surface area (Å²) >= 11 is 0. The molecule has 0 radical (unpaired) electrons. The van der Waals surface area contributed by atoms with E-state index in [9.17, 15) is 0 Å². The quantitative estimate of drug-likeness (QED) is 0.435. The Balaban J connectivity index is 6.63. The normalized spacial score (nSPS) is 18.8. The highest BCUT2D eigenvalue weighted by Gasteiger charge is 2.53. The Labute approximate surface area is 181 Å². The van der Waals surface area contributed by atoms with Gasteiger partial charge in [-0.15, -0.1) is 0 Å². The van der Waals surface area contributed by atoms with Crippen molar-refractivity contribution < 1.29 is 0 Å². The van der Waals surface area contributed by atoms with E-state index in [0.29, 0.717) is 39.4 Å². The smallest absolute Gasteiger partial charge is 0.0277 e. The zero-order valence-electron chi connectivity index (χ0n) is 23.1. The average Bonchev–Trinajstić information content (AvgIpc) is 2.27. The van der Waals surface area contributed by atoms with Crippen LogP contribution in [-0.4, -0.2) is 0 Å². The van der Waals surface area contributed by atoms with Crippen LogP contribution in [0.3, 0.4) is 0 Å². The van der Waals surface area contributed by atoms with Crippen molar-refractivity contribution in [2.45, 2.75) is 131 Å². The highest BCUT2D eigenvalue weighted by atomic mass is 14.6. The standard InChI is InChI=1S/C28H58/c1-23(2,3)18-20(25(7,8)9)22(27(13,14)15)28(16,17)21(26(10,11)12)19-24(4,5)6/h20-22H,18-19H2,1-17H3. The van der Waals surface area contributed by atoms with Crippen molar-refractivity contribution in [2.75, 3.05) is 0 Å². The van der Waals surface area contributed by atoms with Gasteiger partial charge in [0.25, 0.3) is 0 Å². The average molecular weight is 395 g/mol. The molecule has 0 heterocycles. The zero-order valence-corrected chi connectivity index (χ0v) is 23.1. The third kappa shape index (κ3) is 8.39. The summed E-state index contributed by atoms with van der Waals surface area (Å²) in [4.78, 5) is 0. The molecule has 28 heavy (non-hydrogen) atoms. The Kier molecular flexibility index (Phi) is 8.26. The van der Waals surface area contributed by atoms with Crippen molar-refractivity contribution in [2.24, 2.45) is 50.2 Å². The maximum atomic E-state index is 2.60. The van der Waals surface area contributed by atoms with Crippen molar-refractivity contribution in [1.82, 2.24) is 0 Å². The van der Waals surface area contributed by atoms with E-state index in [-0.39, 0.29) is 10.8 Å². The van der Waals surface area contributed by atoms with Crippen LogP contribution in [0.1, 0.15) is 131 Å². The zero-order chi connectivity index (χ0) is 23.1. The lowest BCUT2D eigenvalue weighted by atomic mass is 9.47. The molecular weight excluding hydrogens is 336 g/mol. The molecule has 0 aliphatic rings. The summed E-state index contributed by atoms with van der Waals surface area (Å²) in [5.74, 6) is 2.02. The highest BCUT2D eigenvalue weighted by Crippen LogP contribution is 2.60. The second-order valence-corrected chi connectivity index (χ2v) is 16.1. The molecule has 0 aliphatic heterocycles. The van der Waals surface area contributed by atoms with Gasteiger partial charge in [-0.25, -0.2) is 0 Å². The molecule has 0 saturated carbocycles. The molecule has 0 heteroatoms. The molecule has 0 fully saturated rings. The molecule has 0 amide bonds. The van der Waals surface area contributed by atoms with Gasteiger partial charge in [-0.3, -0.25) is 0 Å². The molecular formula is C28H58. The fraction of sp³-hybridized carbons (Fsp3) is 1.00. The summed E-state index contributed by atoms with van der Waals surface area (Å²) in [6.07, 6.45) is 2.57. The van der Waals surface area contributed by atoms with Gasteiger partial charge in [-0.1, -0.05) is 118 Å². The van der Waals surface area contributed by atoms with E-state index >= 15 is 0 Å². The van der Waals surface area contributed by atoms with E-state index in [4.69, 9.17) is 0 Å². The van der Waals surface area contributed by atoms with Gasteiger partial charge in [0.1, 0.15) is 0 Å². The topological polar surface area (TPSA) is 0 Å². The molecule has 0 aromatic heterocycles. The fourth-order valence-corrected chi connectivity index (χ4v) is 6.34. The number of rotatable bonds is 5. The lowest BCUT2D eigenvalue weighted by Crippen LogP contribution is -2.51. The van der Waals surface area contributed by atoms with Crippen molar-refractivity contribution in [1.29, 1.82) is 0 Å². The van der Waals surface area contributed by atoms with Gasteiger partial charge in [-0.05, 0) is 63.1 Å². The van der Waals surface area contributed by atoms with Crippen molar-refractivity contribution in [3.8, 4) is 0 Å². The number of hydrogen-bond donors (Lipinski definition) is 0. The predicted molar refractivity (Wildman–Crippen MR) is 131 cm³/mol. The molecule has 0 aromatic carbocycles. The third-order valence-electron chi connectivity index (χ3n) is 6.84. The van der Waals surface area contributed by atoms with Crippen LogP contribution in [0.4, 0.5) is 0 Å². The summed E-state index contributed by atoms with van der Waals surface area (Å²) in [6, 6.07) is 0. The monoisotopic (exact) mass is 394 g/mol. The number of hydrogen-bond acceptors (Lipinski definition) is 0. The van der Waals surface area contributed by atoms with Crippen LogP contribution in [0.5, 0.6) is 0 Å². The van der Waals surface area contributed by atoms with Gasteiger partial charge in [-0.2, -0.15) is 0 Å². The van der Waals surface area contributed by atoms with Gasteiger partial charge in [0.2, 0.25) is 0 Å². The van der Waals surface area contributed by atoms with Crippen LogP contribution < -0.4 is 0 Å². The minimum Gasteiger partial charge on any atom is -0.0602 e. The Morgan fingerprint density at radius 3 is 1.00 bits per heavy atom. The summed E-state index contributed by atoms with van der Waals surface area (Å²) < 4.78 is 0. The Morgan fingerprint density at radius 2 is 0.786 bits per heavy atom. The summed E-state index contributed by atoms with van der Waals surface area (Å²) in [5.41, 5.74) is 1.82. The van der Waals surface area contributed by atoms with Crippen molar-refractivity contribution >= 4 is 0 Å². The molecule has 3 atom stereocenters. The molecule has 0 bridgehead atoms. The van der Waals surface area contributed by atoms with E-state index in [1.807, 2.05) is 0 Å². The first kappa shape index (κ1) is 28.0. The van der Waals surface area contributed by atoms with Crippen molar-refractivity contribution in [3.63, 3.8) is 0 Å². The molecule has 0 nitrogen and oxygen atoms in total. The Bertz CT molecular complexity index is 471. The minimum atomic E-state index is 0.257. The van der Waals surface area contributed by atoms with Crippen molar-refractivity contribution in [3.05, 3.63) is 0 Å². The largest absolute Gasteiger partial charge is 0.0602 e. The van der Waals surface area contributed by atoms with Crippen LogP contribution in [0.2, 0.25) is 0 Å². The molecule has 0 rings (SSSR count). The summed E-state index contributed by atoms with van der Waals surface area (Å²) in [6.45, 7) is 42.1. The Morgan fingerprint density at radius 1 is 0.429 bits per heavy atom. The lowest BCUT2D eigenvalue weighted by Gasteiger charge is -2.58. The van der Waals surface area contributed by atoms with Gasteiger partial charge >= 0.3 is 0 Å². The maximum Gasteiger partial charge on any atom is -0.0277 e. The predicted octanol–water partition coefficient (Wildman–Crippen LogP) is 9.87. The van der Waals surface area contributed by atoms with Crippen LogP contribution in [-0.2, 0) is 0 Å². The van der Waals surface area contributed by atoms with E-state index in [0.717, 1.165) is 0 Å². The highest BCUT2D eigenvalue weighted by molar-refractivity contribution is 5.01.